The van der Waals surface area contributed by atoms with E-state index in [1.54, 1.807) is 24.5 Å². The SMILES string of the molecule is Cc1ccc(NC(=O)c2ccc3cnccc3n2)cc1. The number of amides is 1. The third-order valence-corrected chi connectivity index (χ3v) is 3.03. The number of pyridine rings is 2. The van der Waals surface area contributed by atoms with Gasteiger partial charge in [0.25, 0.3) is 5.91 Å². The van der Waals surface area contributed by atoms with Gasteiger partial charge >= 0.3 is 0 Å². The molecule has 4 nitrogen and oxygen atoms in total. The van der Waals surface area contributed by atoms with E-state index < -0.39 is 0 Å². The quantitative estimate of drug-likeness (QED) is 0.772. The molecule has 0 atom stereocenters. The molecule has 1 amide bonds. The number of anilines is 1. The van der Waals surface area contributed by atoms with Crippen molar-refractivity contribution in [1.82, 2.24) is 9.97 Å². The minimum atomic E-state index is -0.215. The standard InChI is InChI=1S/C16H13N3O/c1-11-2-5-13(6-3-11)18-16(20)15-7-4-12-10-17-9-8-14(12)19-15/h2-10H,1H3,(H,18,20). The van der Waals surface area contributed by atoms with Crippen molar-refractivity contribution in [3.63, 3.8) is 0 Å². The fourth-order valence-electron chi connectivity index (χ4n) is 1.92. The molecule has 0 aliphatic carbocycles. The van der Waals surface area contributed by atoms with E-state index in [-0.39, 0.29) is 5.91 Å². The summed E-state index contributed by atoms with van der Waals surface area (Å²) in [4.78, 5) is 20.5. The van der Waals surface area contributed by atoms with E-state index in [1.165, 1.54) is 0 Å². The van der Waals surface area contributed by atoms with Gasteiger partial charge in [0.1, 0.15) is 5.69 Å². The molecule has 20 heavy (non-hydrogen) atoms. The van der Waals surface area contributed by atoms with Crippen LogP contribution in [0.5, 0.6) is 0 Å². The second kappa shape index (κ2) is 5.09. The molecule has 0 radical (unpaired) electrons. The van der Waals surface area contributed by atoms with Crippen molar-refractivity contribution >= 4 is 22.5 Å². The van der Waals surface area contributed by atoms with E-state index >= 15 is 0 Å². The summed E-state index contributed by atoms with van der Waals surface area (Å²) in [6.07, 6.45) is 3.39. The van der Waals surface area contributed by atoms with Crippen molar-refractivity contribution in [2.24, 2.45) is 0 Å². The summed E-state index contributed by atoms with van der Waals surface area (Å²) < 4.78 is 0. The molecule has 4 heteroatoms. The normalized spacial score (nSPS) is 10.4. The highest BCUT2D eigenvalue weighted by molar-refractivity contribution is 6.04. The molecule has 2 aromatic heterocycles. The Morgan fingerprint density at radius 1 is 1.05 bits per heavy atom. The van der Waals surface area contributed by atoms with E-state index in [4.69, 9.17) is 0 Å². The molecule has 1 N–H and O–H groups in total. The average Bonchev–Trinajstić information content (AvgIpc) is 2.49. The Balaban J connectivity index is 1.86. The van der Waals surface area contributed by atoms with E-state index in [1.807, 2.05) is 37.3 Å². The Labute approximate surface area is 116 Å². The molecule has 2 heterocycles. The first kappa shape index (κ1) is 12.3. The number of nitrogens with one attached hydrogen (secondary N) is 1. The van der Waals surface area contributed by atoms with Crippen molar-refractivity contribution in [1.29, 1.82) is 0 Å². The van der Waals surface area contributed by atoms with Gasteiger partial charge in [-0.05, 0) is 37.3 Å². The van der Waals surface area contributed by atoms with Crippen LogP contribution in [0, 0.1) is 6.92 Å². The molecule has 0 bridgehead atoms. The maximum atomic E-state index is 12.2. The average molecular weight is 263 g/mol. The molecule has 3 rings (SSSR count). The van der Waals surface area contributed by atoms with Gasteiger partial charge in [-0.15, -0.1) is 0 Å². The van der Waals surface area contributed by atoms with Gasteiger partial charge in [-0.3, -0.25) is 9.78 Å². The Kier molecular flexibility index (Phi) is 3.13. The lowest BCUT2D eigenvalue weighted by molar-refractivity contribution is 0.102. The topological polar surface area (TPSA) is 54.9 Å². The van der Waals surface area contributed by atoms with E-state index in [9.17, 15) is 4.79 Å². The van der Waals surface area contributed by atoms with Gasteiger partial charge in [-0.2, -0.15) is 0 Å². The number of aromatic nitrogens is 2. The summed E-state index contributed by atoms with van der Waals surface area (Å²) in [5, 5.41) is 3.75. The number of hydrogen-bond donors (Lipinski definition) is 1. The van der Waals surface area contributed by atoms with Gasteiger partial charge in [0.2, 0.25) is 0 Å². The second-order valence-electron chi connectivity index (χ2n) is 4.59. The number of carbonyl (C=O) groups is 1. The van der Waals surface area contributed by atoms with E-state index in [0.29, 0.717) is 5.69 Å². The highest BCUT2D eigenvalue weighted by Crippen LogP contribution is 2.13. The van der Waals surface area contributed by atoms with Crippen molar-refractivity contribution < 1.29 is 4.79 Å². The van der Waals surface area contributed by atoms with Crippen LogP contribution in [0.15, 0.2) is 54.9 Å². The number of rotatable bonds is 2. The first-order valence-electron chi connectivity index (χ1n) is 6.31. The van der Waals surface area contributed by atoms with Crippen LogP contribution in [0.2, 0.25) is 0 Å². The van der Waals surface area contributed by atoms with Crippen molar-refractivity contribution in [2.45, 2.75) is 6.92 Å². The molecule has 98 valence electrons. The molecule has 0 spiro atoms. The molecule has 0 aliphatic rings. The number of hydrogen-bond acceptors (Lipinski definition) is 3. The number of fused-ring (bicyclic) bond motifs is 1. The summed E-state index contributed by atoms with van der Waals surface area (Å²) in [5.41, 5.74) is 3.07. The largest absolute Gasteiger partial charge is 0.321 e. The molecular weight excluding hydrogens is 250 g/mol. The summed E-state index contributed by atoms with van der Waals surface area (Å²) >= 11 is 0. The molecular formula is C16H13N3O. The molecule has 0 unspecified atom stereocenters. The van der Waals surface area contributed by atoms with Crippen LogP contribution in [0.3, 0.4) is 0 Å². The van der Waals surface area contributed by atoms with Crippen molar-refractivity contribution in [3.05, 3.63) is 66.1 Å². The third kappa shape index (κ3) is 2.49. The lowest BCUT2D eigenvalue weighted by atomic mass is 10.2. The van der Waals surface area contributed by atoms with Gasteiger partial charge in [-0.1, -0.05) is 17.7 Å². The lowest BCUT2D eigenvalue weighted by Gasteiger charge is -2.05. The molecule has 3 aromatic rings. The lowest BCUT2D eigenvalue weighted by Crippen LogP contribution is -2.13. The fraction of sp³-hybridized carbons (Fsp3) is 0.0625. The zero-order chi connectivity index (χ0) is 13.9. The smallest absolute Gasteiger partial charge is 0.274 e. The van der Waals surface area contributed by atoms with Gasteiger partial charge < -0.3 is 5.32 Å². The maximum Gasteiger partial charge on any atom is 0.274 e. The second-order valence-corrected chi connectivity index (χ2v) is 4.59. The Morgan fingerprint density at radius 3 is 2.65 bits per heavy atom. The van der Waals surface area contributed by atoms with Crippen LogP contribution in [-0.4, -0.2) is 15.9 Å². The monoisotopic (exact) mass is 263 g/mol. The van der Waals surface area contributed by atoms with Gasteiger partial charge in [0, 0.05) is 23.5 Å². The molecule has 1 aromatic carbocycles. The first-order chi connectivity index (χ1) is 9.72. The zero-order valence-corrected chi connectivity index (χ0v) is 11.0. The predicted molar refractivity (Wildman–Crippen MR) is 78.7 cm³/mol. The predicted octanol–water partition coefficient (Wildman–Crippen LogP) is 3.19. The molecule has 0 saturated heterocycles. The van der Waals surface area contributed by atoms with Crippen molar-refractivity contribution in [2.75, 3.05) is 5.32 Å². The number of carbonyl (C=O) groups excluding carboxylic acids is 1. The molecule has 0 saturated carbocycles. The van der Waals surface area contributed by atoms with Crippen LogP contribution in [0.25, 0.3) is 10.9 Å². The summed E-state index contributed by atoms with van der Waals surface area (Å²) in [6, 6.07) is 13.0. The molecule has 0 aliphatic heterocycles. The van der Waals surface area contributed by atoms with Gasteiger partial charge in [0.05, 0.1) is 5.52 Å². The Hall–Kier alpha value is -2.75. The van der Waals surface area contributed by atoms with Gasteiger partial charge in [0.15, 0.2) is 0 Å². The molecule has 0 fully saturated rings. The van der Waals surface area contributed by atoms with Gasteiger partial charge in [-0.25, -0.2) is 4.98 Å². The minimum Gasteiger partial charge on any atom is -0.321 e. The van der Waals surface area contributed by atoms with Crippen LogP contribution in [0.1, 0.15) is 16.1 Å². The van der Waals surface area contributed by atoms with Crippen molar-refractivity contribution in [3.8, 4) is 0 Å². The number of nitrogens with zero attached hydrogens (tertiary/aromatic N) is 2. The van der Waals surface area contributed by atoms with E-state index in [2.05, 4.69) is 15.3 Å². The summed E-state index contributed by atoms with van der Waals surface area (Å²) in [6.45, 7) is 2.00. The fourth-order valence-corrected chi connectivity index (χ4v) is 1.92. The van der Waals surface area contributed by atoms with E-state index in [0.717, 1.165) is 22.2 Å². The summed E-state index contributed by atoms with van der Waals surface area (Å²) in [7, 11) is 0. The zero-order valence-electron chi connectivity index (χ0n) is 11.0. The van der Waals surface area contributed by atoms with Crippen LogP contribution < -0.4 is 5.32 Å². The summed E-state index contributed by atoms with van der Waals surface area (Å²) in [5.74, 6) is -0.215. The highest BCUT2D eigenvalue weighted by Gasteiger charge is 2.08. The first-order valence-corrected chi connectivity index (χ1v) is 6.31. The highest BCUT2D eigenvalue weighted by atomic mass is 16.1. The van der Waals surface area contributed by atoms with Crippen LogP contribution >= 0.6 is 0 Å². The maximum absolute atomic E-state index is 12.2. The Bertz CT molecular complexity index is 766. The number of aryl methyl sites for hydroxylation is 1. The Morgan fingerprint density at radius 2 is 1.85 bits per heavy atom. The third-order valence-electron chi connectivity index (χ3n) is 3.03. The minimum absolute atomic E-state index is 0.215. The van der Waals surface area contributed by atoms with Crippen LogP contribution in [-0.2, 0) is 0 Å². The van der Waals surface area contributed by atoms with Crippen LogP contribution in [0.4, 0.5) is 5.69 Å². The number of benzene rings is 1.